The number of hydrogen-bond donors (Lipinski definition) is 0. The minimum atomic E-state index is -0.564. The number of carbonyl (C=O) groups is 2. The van der Waals surface area contributed by atoms with Gasteiger partial charge in [-0.25, -0.2) is 4.79 Å². The Morgan fingerprint density at radius 1 is 1.16 bits per heavy atom. The van der Waals surface area contributed by atoms with Gasteiger partial charge in [0.1, 0.15) is 11.6 Å². The normalized spacial score (nSPS) is 28.4. The number of nitrogens with zero attached hydrogens (tertiary/aromatic N) is 3. The molecule has 3 aliphatic heterocycles. The van der Waals surface area contributed by atoms with Gasteiger partial charge >= 0.3 is 6.09 Å². The van der Waals surface area contributed by atoms with Crippen molar-refractivity contribution in [2.24, 2.45) is 0 Å². The molecule has 25 heavy (non-hydrogen) atoms. The Hall–Kier alpha value is -0.990. The Labute approximate surface area is 154 Å². The zero-order chi connectivity index (χ0) is 18.0. The molecule has 3 rings (SSSR count). The van der Waals surface area contributed by atoms with Crippen LogP contribution in [-0.2, 0) is 14.3 Å². The summed E-state index contributed by atoms with van der Waals surface area (Å²) in [6, 6.07) is -0.220. The molecule has 2 amide bonds. The summed E-state index contributed by atoms with van der Waals surface area (Å²) < 4.78 is 11.0. The number of hydrogen-bond acceptors (Lipinski definition) is 6. The fraction of sp³-hybridized carbons (Fsp3) is 0.882. The molecule has 0 aromatic heterocycles. The van der Waals surface area contributed by atoms with Crippen molar-refractivity contribution in [3.05, 3.63) is 0 Å². The third kappa shape index (κ3) is 4.60. The quantitative estimate of drug-likeness (QED) is 0.728. The molecule has 3 saturated heterocycles. The van der Waals surface area contributed by atoms with Crippen molar-refractivity contribution in [3.63, 3.8) is 0 Å². The molecule has 8 heteroatoms. The molecule has 142 valence electrons. The average molecular weight is 372 g/mol. The summed E-state index contributed by atoms with van der Waals surface area (Å²) in [7, 11) is 0. The van der Waals surface area contributed by atoms with Crippen LogP contribution in [0.15, 0.2) is 0 Å². The molecule has 0 spiro atoms. The van der Waals surface area contributed by atoms with E-state index >= 15 is 0 Å². The number of thioether (sulfide) groups is 1. The maximum absolute atomic E-state index is 13.0. The molecule has 0 saturated carbocycles. The number of amides is 2. The van der Waals surface area contributed by atoms with E-state index in [4.69, 9.17) is 9.47 Å². The van der Waals surface area contributed by atoms with Gasteiger partial charge in [-0.05, 0) is 27.2 Å². The zero-order valence-corrected chi connectivity index (χ0v) is 16.2. The number of likely N-dealkylation sites (tertiary alicyclic amines) is 1. The summed E-state index contributed by atoms with van der Waals surface area (Å²) in [5.74, 6) is 1.75. The molecule has 2 atom stereocenters. The number of morpholine rings is 1. The molecule has 3 aliphatic rings. The highest BCUT2D eigenvalue weighted by Gasteiger charge is 2.45. The van der Waals surface area contributed by atoms with E-state index in [0.717, 1.165) is 31.3 Å². The van der Waals surface area contributed by atoms with Crippen LogP contribution in [0.25, 0.3) is 0 Å². The molecule has 7 nitrogen and oxygen atoms in total. The van der Waals surface area contributed by atoms with E-state index in [1.807, 2.05) is 25.7 Å². The molecule has 0 aliphatic carbocycles. The first-order valence-corrected chi connectivity index (χ1v) is 10.2. The summed E-state index contributed by atoms with van der Waals surface area (Å²) >= 11 is 1.76. The van der Waals surface area contributed by atoms with Crippen molar-refractivity contribution in [1.82, 2.24) is 14.7 Å². The highest BCUT2D eigenvalue weighted by atomic mass is 32.2. The lowest BCUT2D eigenvalue weighted by molar-refractivity contribution is -0.134. The van der Waals surface area contributed by atoms with Gasteiger partial charge in [0.15, 0.2) is 0 Å². The molecule has 3 fully saturated rings. The summed E-state index contributed by atoms with van der Waals surface area (Å²) in [4.78, 5) is 31.5. The van der Waals surface area contributed by atoms with Gasteiger partial charge in [0, 0.05) is 38.0 Å². The van der Waals surface area contributed by atoms with Crippen molar-refractivity contribution in [2.45, 2.75) is 44.9 Å². The van der Waals surface area contributed by atoms with Gasteiger partial charge in [-0.3, -0.25) is 14.6 Å². The lowest BCUT2D eigenvalue weighted by Crippen LogP contribution is -2.48. The summed E-state index contributed by atoms with van der Waals surface area (Å²) in [6.45, 7) is 10.0. The number of carbonyl (C=O) groups excluding carboxylic acids is 2. The zero-order valence-electron chi connectivity index (χ0n) is 15.4. The predicted octanol–water partition coefficient (Wildman–Crippen LogP) is 1.23. The van der Waals surface area contributed by atoms with Crippen LogP contribution >= 0.6 is 11.8 Å². The molecule has 0 N–H and O–H groups in total. The van der Waals surface area contributed by atoms with Crippen molar-refractivity contribution in [1.29, 1.82) is 0 Å². The van der Waals surface area contributed by atoms with Crippen LogP contribution in [0.5, 0.6) is 0 Å². The van der Waals surface area contributed by atoms with Crippen LogP contribution in [-0.4, -0.2) is 95.4 Å². The van der Waals surface area contributed by atoms with E-state index in [-0.39, 0.29) is 18.0 Å². The van der Waals surface area contributed by atoms with Gasteiger partial charge in [0.25, 0.3) is 0 Å². The first-order chi connectivity index (χ1) is 11.8. The molecule has 3 heterocycles. The maximum atomic E-state index is 13.0. The summed E-state index contributed by atoms with van der Waals surface area (Å²) in [6.07, 6.45) is 0.299. The lowest BCUT2D eigenvalue weighted by atomic mass is 10.1. The largest absolute Gasteiger partial charge is 0.444 e. The number of rotatable bonds is 2. The third-order valence-corrected chi connectivity index (χ3v) is 5.78. The second kappa shape index (κ2) is 7.72. The van der Waals surface area contributed by atoms with Crippen molar-refractivity contribution in [2.75, 3.05) is 51.0 Å². The second-order valence-corrected chi connectivity index (χ2v) is 8.90. The van der Waals surface area contributed by atoms with E-state index in [1.54, 1.807) is 16.7 Å². The minimum Gasteiger partial charge on any atom is -0.444 e. The maximum Gasteiger partial charge on any atom is 0.411 e. The van der Waals surface area contributed by atoms with Gasteiger partial charge in [0.05, 0.1) is 19.1 Å². The topological polar surface area (TPSA) is 62.3 Å². The van der Waals surface area contributed by atoms with E-state index in [0.29, 0.717) is 26.2 Å². The molecule has 0 aromatic rings. The molecule has 0 bridgehead atoms. The Kier molecular flexibility index (Phi) is 5.80. The molecule has 0 radical (unpaired) electrons. The fourth-order valence-corrected chi connectivity index (χ4v) is 4.53. The monoisotopic (exact) mass is 371 g/mol. The van der Waals surface area contributed by atoms with Crippen LogP contribution in [0, 0.1) is 0 Å². The molecular formula is C17H29N3O4S. The van der Waals surface area contributed by atoms with Gasteiger partial charge in [-0.1, -0.05) is 0 Å². The second-order valence-electron chi connectivity index (χ2n) is 7.83. The van der Waals surface area contributed by atoms with E-state index in [2.05, 4.69) is 4.90 Å². The van der Waals surface area contributed by atoms with Crippen LogP contribution < -0.4 is 0 Å². The Balaban J connectivity index is 1.73. The van der Waals surface area contributed by atoms with Gasteiger partial charge in [-0.2, -0.15) is 0 Å². The van der Waals surface area contributed by atoms with Crippen LogP contribution in [0.4, 0.5) is 4.79 Å². The minimum absolute atomic E-state index is 0.0617. The van der Waals surface area contributed by atoms with Crippen molar-refractivity contribution >= 4 is 23.8 Å². The molecule has 2 unspecified atom stereocenters. The van der Waals surface area contributed by atoms with E-state index in [1.165, 1.54) is 0 Å². The van der Waals surface area contributed by atoms with Crippen LogP contribution in [0.2, 0.25) is 0 Å². The first-order valence-electron chi connectivity index (χ1n) is 9.03. The van der Waals surface area contributed by atoms with Gasteiger partial charge in [0.2, 0.25) is 5.91 Å². The van der Waals surface area contributed by atoms with E-state index in [9.17, 15) is 9.59 Å². The highest BCUT2D eigenvalue weighted by Crippen LogP contribution is 2.28. The molecular weight excluding hydrogens is 342 g/mol. The van der Waals surface area contributed by atoms with Crippen LogP contribution in [0.1, 0.15) is 27.2 Å². The highest BCUT2D eigenvalue weighted by molar-refractivity contribution is 7.99. The standard InChI is InChI=1S/C17H29N3O4S/c1-17(2,3)24-16(22)20-11-13(18-4-7-23-8-5-18)10-14(20)15(21)19-6-9-25-12-19/h13-14H,4-12H2,1-3H3. The fourth-order valence-electron chi connectivity index (χ4n) is 3.58. The van der Waals surface area contributed by atoms with Crippen LogP contribution in [0.3, 0.4) is 0 Å². The SMILES string of the molecule is CC(C)(C)OC(=O)N1CC(N2CCOCC2)CC1C(=O)N1CCSC1. The third-order valence-electron chi connectivity index (χ3n) is 4.82. The predicted molar refractivity (Wildman–Crippen MR) is 96.6 cm³/mol. The molecule has 0 aromatic carbocycles. The Bertz CT molecular complexity index is 499. The summed E-state index contributed by atoms with van der Waals surface area (Å²) in [5.41, 5.74) is -0.564. The lowest BCUT2D eigenvalue weighted by Gasteiger charge is -2.32. The van der Waals surface area contributed by atoms with Gasteiger partial charge in [-0.15, -0.1) is 11.8 Å². The average Bonchev–Trinajstić information content (AvgIpc) is 3.23. The summed E-state index contributed by atoms with van der Waals surface area (Å²) in [5, 5.41) is 0. The van der Waals surface area contributed by atoms with E-state index < -0.39 is 11.6 Å². The van der Waals surface area contributed by atoms with Gasteiger partial charge < -0.3 is 14.4 Å². The number of ether oxygens (including phenoxy) is 2. The Morgan fingerprint density at radius 3 is 2.48 bits per heavy atom. The van der Waals surface area contributed by atoms with Crippen molar-refractivity contribution in [3.8, 4) is 0 Å². The first kappa shape index (κ1) is 18.8. The van der Waals surface area contributed by atoms with Crippen molar-refractivity contribution < 1.29 is 19.1 Å². The smallest absolute Gasteiger partial charge is 0.411 e. The Morgan fingerprint density at radius 2 is 1.88 bits per heavy atom.